The molecule has 4 nitrogen and oxygen atoms in total. The van der Waals surface area contributed by atoms with Gasteiger partial charge < -0.3 is 9.73 Å². The van der Waals surface area contributed by atoms with E-state index < -0.39 is 0 Å². The van der Waals surface area contributed by atoms with Crippen LogP contribution in [0.3, 0.4) is 0 Å². The quantitative estimate of drug-likeness (QED) is 0.853. The molecule has 2 aromatic heterocycles. The van der Waals surface area contributed by atoms with Gasteiger partial charge in [-0.3, -0.25) is 4.68 Å². The minimum Gasteiger partial charge on any atom is -0.472 e. The van der Waals surface area contributed by atoms with E-state index in [0.717, 1.165) is 30.6 Å². The smallest absolute Gasteiger partial charge is 0.0954 e. The fraction of sp³-hybridized carbons (Fsp3) is 0.500. The highest BCUT2D eigenvalue weighted by atomic mass is 16.3. The molecule has 2 heterocycles. The third kappa shape index (κ3) is 2.64. The highest BCUT2D eigenvalue weighted by Crippen LogP contribution is 2.23. The Bertz CT molecular complexity index is 473. The molecule has 0 saturated heterocycles. The molecular weight excluding hydrogens is 226 g/mol. The van der Waals surface area contributed by atoms with Crippen molar-refractivity contribution in [3.63, 3.8) is 0 Å². The molecular formula is C14H21N3O. The average molecular weight is 247 g/mol. The Hall–Kier alpha value is -1.55. The molecule has 0 fully saturated rings. The van der Waals surface area contributed by atoms with Gasteiger partial charge in [0.05, 0.1) is 30.0 Å². The Morgan fingerprint density at radius 2 is 2.28 bits per heavy atom. The zero-order chi connectivity index (χ0) is 13.0. The lowest BCUT2D eigenvalue weighted by molar-refractivity contribution is 0.531. The summed E-state index contributed by atoms with van der Waals surface area (Å²) < 4.78 is 7.16. The zero-order valence-corrected chi connectivity index (χ0v) is 11.3. The molecule has 0 aliphatic carbocycles. The first kappa shape index (κ1) is 12.9. The van der Waals surface area contributed by atoms with Crippen molar-refractivity contribution in [2.45, 2.75) is 32.7 Å². The van der Waals surface area contributed by atoms with E-state index in [2.05, 4.69) is 30.3 Å². The monoisotopic (exact) mass is 247 g/mol. The number of hydrogen-bond donors (Lipinski definition) is 1. The Morgan fingerprint density at radius 3 is 2.83 bits per heavy atom. The highest BCUT2D eigenvalue weighted by Gasteiger charge is 2.18. The lowest BCUT2D eigenvalue weighted by Crippen LogP contribution is -2.24. The third-order valence-corrected chi connectivity index (χ3v) is 3.10. The van der Waals surface area contributed by atoms with Gasteiger partial charge in [0.1, 0.15) is 0 Å². The van der Waals surface area contributed by atoms with Crippen LogP contribution in [0.15, 0.2) is 29.1 Å². The van der Waals surface area contributed by atoms with Crippen LogP contribution in [0.1, 0.15) is 43.3 Å². The first-order valence-electron chi connectivity index (χ1n) is 6.54. The zero-order valence-electron chi connectivity index (χ0n) is 11.3. The summed E-state index contributed by atoms with van der Waals surface area (Å²) in [6.45, 7) is 5.26. The predicted octanol–water partition coefficient (Wildman–Crippen LogP) is 2.66. The van der Waals surface area contributed by atoms with Crippen LogP contribution in [0.5, 0.6) is 0 Å². The molecule has 0 amide bonds. The van der Waals surface area contributed by atoms with Crippen molar-refractivity contribution in [1.82, 2.24) is 15.1 Å². The van der Waals surface area contributed by atoms with Crippen molar-refractivity contribution < 1.29 is 4.42 Å². The minimum absolute atomic E-state index is 0.154. The molecule has 0 bridgehead atoms. The number of rotatable bonds is 6. The standard InChI is InChI=1S/C14H21N3O/c1-4-7-15-14(11-6-8-18-10-11)13-9-12(5-2)16-17(13)3/h6,8-10,14-15H,4-5,7H2,1-3H3. The van der Waals surface area contributed by atoms with E-state index in [1.807, 2.05) is 17.8 Å². The fourth-order valence-electron chi connectivity index (χ4n) is 2.11. The number of nitrogens with zero attached hydrogens (tertiary/aromatic N) is 2. The molecule has 0 aromatic carbocycles. The maximum absolute atomic E-state index is 5.20. The summed E-state index contributed by atoms with van der Waals surface area (Å²) in [5.74, 6) is 0. The molecule has 1 atom stereocenters. The Morgan fingerprint density at radius 1 is 1.44 bits per heavy atom. The Balaban J connectivity index is 2.30. The summed E-state index contributed by atoms with van der Waals surface area (Å²) in [5, 5.41) is 8.06. The third-order valence-electron chi connectivity index (χ3n) is 3.10. The van der Waals surface area contributed by atoms with Gasteiger partial charge in [-0.15, -0.1) is 0 Å². The van der Waals surface area contributed by atoms with Crippen LogP contribution in [0.2, 0.25) is 0 Å². The molecule has 0 saturated carbocycles. The van der Waals surface area contributed by atoms with Gasteiger partial charge in [0.2, 0.25) is 0 Å². The molecule has 1 unspecified atom stereocenters. The van der Waals surface area contributed by atoms with Crippen LogP contribution in [-0.4, -0.2) is 16.3 Å². The fourth-order valence-corrected chi connectivity index (χ4v) is 2.11. The van der Waals surface area contributed by atoms with E-state index in [1.54, 1.807) is 12.5 Å². The average Bonchev–Trinajstić information content (AvgIpc) is 3.00. The summed E-state index contributed by atoms with van der Waals surface area (Å²) in [6, 6.07) is 4.33. The number of hydrogen-bond acceptors (Lipinski definition) is 3. The number of aryl methyl sites for hydroxylation is 2. The predicted molar refractivity (Wildman–Crippen MR) is 71.4 cm³/mol. The van der Waals surface area contributed by atoms with Crippen molar-refractivity contribution in [3.8, 4) is 0 Å². The van der Waals surface area contributed by atoms with Gasteiger partial charge >= 0.3 is 0 Å². The van der Waals surface area contributed by atoms with Crippen LogP contribution >= 0.6 is 0 Å². The first-order chi connectivity index (χ1) is 8.76. The SMILES string of the molecule is CCCNC(c1ccoc1)c1cc(CC)nn1C. The second kappa shape index (κ2) is 5.87. The van der Waals surface area contributed by atoms with Gasteiger partial charge in [0.25, 0.3) is 0 Å². The molecule has 1 N–H and O–H groups in total. The first-order valence-corrected chi connectivity index (χ1v) is 6.54. The van der Waals surface area contributed by atoms with Crippen LogP contribution in [0.4, 0.5) is 0 Å². The summed E-state index contributed by atoms with van der Waals surface area (Å²) in [5.41, 5.74) is 3.45. The van der Waals surface area contributed by atoms with E-state index in [9.17, 15) is 0 Å². The Kier molecular flexibility index (Phi) is 4.20. The van der Waals surface area contributed by atoms with Gasteiger partial charge in [0, 0.05) is 12.6 Å². The second-order valence-corrected chi connectivity index (χ2v) is 4.48. The van der Waals surface area contributed by atoms with Crippen molar-refractivity contribution in [1.29, 1.82) is 0 Å². The maximum atomic E-state index is 5.20. The van der Waals surface area contributed by atoms with Crippen LogP contribution < -0.4 is 5.32 Å². The van der Waals surface area contributed by atoms with E-state index >= 15 is 0 Å². The topological polar surface area (TPSA) is 43.0 Å². The summed E-state index contributed by atoms with van der Waals surface area (Å²) in [6.07, 6.45) is 5.57. The molecule has 2 aromatic rings. The Labute approximate surface area is 108 Å². The van der Waals surface area contributed by atoms with E-state index in [4.69, 9.17) is 4.42 Å². The lowest BCUT2D eigenvalue weighted by Gasteiger charge is -2.17. The molecule has 98 valence electrons. The van der Waals surface area contributed by atoms with Gasteiger partial charge in [0.15, 0.2) is 0 Å². The number of furan rings is 1. The number of aromatic nitrogens is 2. The second-order valence-electron chi connectivity index (χ2n) is 4.48. The van der Waals surface area contributed by atoms with Crippen molar-refractivity contribution in [3.05, 3.63) is 41.6 Å². The molecule has 2 rings (SSSR count). The van der Waals surface area contributed by atoms with Gasteiger partial charge in [-0.25, -0.2) is 0 Å². The molecule has 0 aliphatic heterocycles. The van der Waals surface area contributed by atoms with Crippen molar-refractivity contribution in [2.75, 3.05) is 6.54 Å². The van der Waals surface area contributed by atoms with E-state index in [-0.39, 0.29) is 6.04 Å². The molecule has 0 radical (unpaired) electrons. The van der Waals surface area contributed by atoms with Gasteiger partial charge in [-0.2, -0.15) is 5.10 Å². The summed E-state index contributed by atoms with van der Waals surface area (Å²) >= 11 is 0. The summed E-state index contributed by atoms with van der Waals surface area (Å²) in [7, 11) is 2.00. The van der Waals surface area contributed by atoms with Crippen LogP contribution in [-0.2, 0) is 13.5 Å². The normalized spacial score (nSPS) is 12.8. The molecule has 0 aliphatic rings. The van der Waals surface area contributed by atoms with E-state index in [1.165, 1.54) is 5.69 Å². The minimum atomic E-state index is 0.154. The maximum Gasteiger partial charge on any atom is 0.0954 e. The summed E-state index contributed by atoms with van der Waals surface area (Å²) in [4.78, 5) is 0. The largest absolute Gasteiger partial charge is 0.472 e. The highest BCUT2D eigenvalue weighted by molar-refractivity contribution is 5.26. The van der Waals surface area contributed by atoms with E-state index in [0.29, 0.717) is 0 Å². The van der Waals surface area contributed by atoms with Gasteiger partial charge in [-0.05, 0) is 31.5 Å². The van der Waals surface area contributed by atoms with Crippen molar-refractivity contribution >= 4 is 0 Å². The van der Waals surface area contributed by atoms with Crippen LogP contribution in [0.25, 0.3) is 0 Å². The van der Waals surface area contributed by atoms with Gasteiger partial charge in [-0.1, -0.05) is 13.8 Å². The van der Waals surface area contributed by atoms with Crippen LogP contribution in [0, 0.1) is 0 Å². The number of nitrogens with one attached hydrogen (secondary N) is 1. The van der Waals surface area contributed by atoms with Crippen molar-refractivity contribution in [2.24, 2.45) is 7.05 Å². The molecule has 0 spiro atoms. The lowest BCUT2D eigenvalue weighted by atomic mass is 10.1. The molecule has 4 heteroatoms. The molecule has 18 heavy (non-hydrogen) atoms.